The van der Waals surface area contributed by atoms with Crippen molar-refractivity contribution in [3.8, 4) is 0 Å². The third-order valence-corrected chi connectivity index (χ3v) is 4.86. The van der Waals surface area contributed by atoms with Gasteiger partial charge >= 0.3 is 0 Å². The van der Waals surface area contributed by atoms with Crippen LogP contribution < -0.4 is 5.32 Å². The molecule has 3 nitrogen and oxygen atoms in total. The summed E-state index contributed by atoms with van der Waals surface area (Å²) < 4.78 is 0.803. The Morgan fingerprint density at radius 3 is 2.00 bits per heavy atom. The average molecular weight is 323 g/mol. The summed E-state index contributed by atoms with van der Waals surface area (Å²) in [5, 5.41) is 2.80. The van der Waals surface area contributed by atoms with Crippen molar-refractivity contribution in [2.75, 3.05) is 16.8 Å². The molecule has 0 spiro atoms. The van der Waals surface area contributed by atoms with Gasteiger partial charge in [0.25, 0.3) is 5.91 Å². The lowest BCUT2D eigenvalue weighted by atomic mass is 10.2. The van der Waals surface area contributed by atoms with Crippen molar-refractivity contribution in [3.05, 3.63) is 39.6 Å². The van der Waals surface area contributed by atoms with E-state index in [0.29, 0.717) is 5.69 Å². The quantitative estimate of drug-likeness (QED) is 0.463. The third kappa shape index (κ3) is 5.59. The van der Waals surface area contributed by atoms with Gasteiger partial charge in [0, 0.05) is 5.69 Å². The Hall–Kier alpha value is -1.20. The SMILES string of the molecule is CCSC(SCC)=C(C(C)=O)C(=O)Nc1ccc(C)cc1. The molecule has 0 unspecified atom stereocenters. The minimum Gasteiger partial charge on any atom is -0.322 e. The predicted molar refractivity (Wildman–Crippen MR) is 93.8 cm³/mol. The van der Waals surface area contributed by atoms with E-state index in [1.807, 2.05) is 45.0 Å². The first-order chi connectivity index (χ1) is 9.99. The zero-order valence-corrected chi connectivity index (χ0v) is 14.5. The highest BCUT2D eigenvalue weighted by atomic mass is 32.2. The lowest BCUT2D eigenvalue weighted by Gasteiger charge is -2.12. The maximum Gasteiger partial charge on any atom is 0.260 e. The highest BCUT2D eigenvalue weighted by molar-refractivity contribution is 8.22. The Balaban J connectivity index is 3.03. The molecule has 1 N–H and O–H groups in total. The molecule has 1 aromatic carbocycles. The summed E-state index contributed by atoms with van der Waals surface area (Å²) in [4.78, 5) is 24.3. The van der Waals surface area contributed by atoms with E-state index in [-0.39, 0.29) is 17.3 Å². The van der Waals surface area contributed by atoms with Crippen LogP contribution in [0.3, 0.4) is 0 Å². The van der Waals surface area contributed by atoms with Gasteiger partial charge in [-0.25, -0.2) is 0 Å². The van der Waals surface area contributed by atoms with Gasteiger partial charge in [0.2, 0.25) is 0 Å². The Bertz CT molecular complexity index is 528. The van der Waals surface area contributed by atoms with Gasteiger partial charge in [0.15, 0.2) is 5.78 Å². The summed E-state index contributed by atoms with van der Waals surface area (Å²) in [7, 11) is 0. The number of benzene rings is 1. The Labute approximate surface area is 135 Å². The molecule has 0 fully saturated rings. The van der Waals surface area contributed by atoms with E-state index in [1.165, 1.54) is 30.4 Å². The van der Waals surface area contributed by atoms with E-state index < -0.39 is 0 Å². The van der Waals surface area contributed by atoms with Crippen molar-refractivity contribution in [2.45, 2.75) is 27.7 Å². The van der Waals surface area contributed by atoms with Crippen molar-refractivity contribution < 1.29 is 9.59 Å². The fourth-order valence-electron chi connectivity index (χ4n) is 1.67. The predicted octanol–water partition coefficient (Wildman–Crippen LogP) is 4.24. The lowest BCUT2D eigenvalue weighted by molar-refractivity contribution is -0.118. The van der Waals surface area contributed by atoms with Gasteiger partial charge < -0.3 is 5.32 Å². The molecule has 1 amide bonds. The number of hydrogen-bond donors (Lipinski definition) is 1. The van der Waals surface area contributed by atoms with Crippen LogP contribution in [0.4, 0.5) is 5.69 Å². The number of aryl methyl sites for hydroxylation is 1. The number of ketones is 1. The summed E-state index contributed by atoms with van der Waals surface area (Å²) in [5.41, 5.74) is 2.08. The average Bonchev–Trinajstić information content (AvgIpc) is 2.41. The highest BCUT2D eigenvalue weighted by Gasteiger charge is 2.20. The van der Waals surface area contributed by atoms with E-state index in [9.17, 15) is 9.59 Å². The van der Waals surface area contributed by atoms with Gasteiger partial charge in [-0.05, 0) is 37.5 Å². The second kappa shape index (κ2) is 8.95. The summed E-state index contributed by atoms with van der Waals surface area (Å²) in [6.45, 7) is 7.45. The molecular formula is C16H21NO2S2. The molecule has 1 rings (SSSR count). The van der Waals surface area contributed by atoms with E-state index in [1.54, 1.807) is 0 Å². The fourth-order valence-corrected chi connectivity index (χ4v) is 4.00. The molecule has 0 radical (unpaired) electrons. The number of amides is 1. The lowest BCUT2D eigenvalue weighted by Crippen LogP contribution is -2.20. The Morgan fingerprint density at radius 1 is 1.05 bits per heavy atom. The smallest absolute Gasteiger partial charge is 0.260 e. The van der Waals surface area contributed by atoms with Crippen molar-refractivity contribution in [1.29, 1.82) is 0 Å². The molecule has 0 aromatic heterocycles. The van der Waals surface area contributed by atoms with Crippen molar-refractivity contribution in [1.82, 2.24) is 0 Å². The van der Waals surface area contributed by atoms with Crippen LogP contribution in [0.25, 0.3) is 0 Å². The molecule has 0 bridgehead atoms. The van der Waals surface area contributed by atoms with Crippen LogP contribution in [-0.4, -0.2) is 23.2 Å². The van der Waals surface area contributed by atoms with Gasteiger partial charge in [-0.15, -0.1) is 23.5 Å². The monoisotopic (exact) mass is 323 g/mol. The fraction of sp³-hybridized carbons (Fsp3) is 0.375. The van der Waals surface area contributed by atoms with Crippen LogP contribution in [0.5, 0.6) is 0 Å². The number of Topliss-reactive ketones (excluding diaryl/α,β-unsaturated/α-hetero) is 1. The first-order valence-electron chi connectivity index (χ1n) is 6.88. The number of carbonyl (C=O) groups excluding carboxylic acids is 2. The molecule has 1 aromatic rings. The Morgan fingerprint density at radius 2 is 1.57 bits per heavy atom. The van der Waals surface area contributed by atoms with E-state index in [0.717, 1.165) is 21.3 Å². The molecule has 5 heteroatoms. The molecule has 0 aliphatic carbocycles. The van der Waals surface area contributed by atoms with E-state index in [2.05, 4.69) is 5.32 Å². The van der Waals surface area contributed by atoms with Gasteiger partial charge in [-0.1, -0.05) is 31.5 Å². The molecule has 21 heavy (non-hydrogen) atoms. The molecule has 0 atom stereocenters. The standard InChI is InChI=1S/C16H21NO2S2/c1-5-20-16(21-6-2)14(12(4)18)15(19)17-13-9-7-11(3)8-10-13/h7-10H,5-6H2,1-4H3,(H,17,19). The topological polar surface area (TPSA) is 46.2 Å². The number of thioether (sulfide) groups is 2. The van der Waals surface area contributed by atoms with Crippen LogP contribution in [0.1, 0.15) is 26.3 Å². The highest BCUT2D eigenvalue weighted by Crippen LogP contribution is 2.32. The number of rotatable bonds is 7. The van der Waals surface area contributed by atoms with Gasteiger partial charge in [0.05, 0.1) is 4.24 Å². The number of nitrogens with one attached hydrogen (secondary N) is 1. The van der Waals surface area contributed by atoms with Gasteiger partial charge in [-0.2, -0.15) is 0 Å². The zero-order chi connectivity index (χ0) is 15.8. The summed E-state index contributed by atoms with van der Waals surface area (Å²) in [6, 6.07) is 7.53. The normalized spacial score (nSPS) is 10.1. The molecule has 0 heterocycles. The Kier molecular flexibility index (Phi) is 7.61. The van der Waals surface area contributed by atoms with Crippen LogP contribution in [0.2, 0.25) is 0 Å². The van der Waals surface area contributed by atoms with E-state index >= 15 is 0 Å². The maximum absolute atomic E-state index is 12.4. The van der Waals surface area contributed by atoms with Crippen LogP contribution in [-0.2, 0) is 9.59 Å². The summed E-state index contributed by atoms with van der Waals surface area (Å²) >= 11 is 3.08. The van der Waals surface area contributed by atoms with Crippen molar-refractivity contribution in [2.24, 2.45) is 0 Å². The minimum absolute atomic E-state index is 0.198. The third-order valence-electron chi connectivity index (χ3n) is 2.64. The second-order valence-corrected chi connectivity index (χ2v) is 7.21. The number of carbonyl (C=O) groups is 2. The van der Waals surface area contributed by atoms with Crippen LogP contribution in [0.15, 0.2) is 34.1 Å². The molecular weight excluding hydrogens is 302 g/mol. The van der Waals surface area contributed by atoms with Gasteiger partial charge in [0.1, 0.15) is 5.57 Å². The number of hydrogen-bond acceptors (Lipinski definition) is 4. The van der Waals surface area contributed by atoms with Crippen molar-refractivity contribution in [3.63, 3.8) is 0 Å². The maximum atomic E-state index is 12.4. The zero-order valence-electron chi connectivity index (χ0n) is 12.9. The molecule has 0 aliphatic heterocycles. The largest absolute Gasteiger partial charge is 0.322 e. The van der Waals surface area contributed by atoms with Crippen LogP contribution >= 0.6 is 23.5 Å². The van der Waals surface area contributed by atoms with E-state index in [4.69, 9.17) is 0 Å². The summed E-state index contributed by atoms with van der Waals surface area (Å²) in [6.07, 6.45) is 0. The molecule has 0 aliphatic rings. The van der Waals surface area contributed by atoms with Crippen LogP contribution in [0, 0.1) is 6.92 Å². The first kappa shape index (κ1) is 17.9. The molecule has 114 valence electrons. The number of anilines is 1. The molecule has 0 saturated carbocycles. The minimum atomic E-state index is -0.330. The summed E-state index contributed by atoms with van der Waals surface area (Å²) in [5.74, 6) is 1.13. The molecule has 0 saturated heterocycles. The second-order valence-electron chi connectivity index (χ2n) is 4.40. The van der Waals surface area contributed by atoms with Gasteiger partial charge in [-0.3, -0.25) is 9.59 Å². The van der Waals surface area contributed by atoms with Crippen molar-refractivity contribution >= 4 is 40.9 Å². The first-order valence-corrected chi connectivity index (χ1v) is 8.85.